The quantitative estimate of drug-likeness (QED) is 0.661. The van der Waals surface area contributed by atoms with E-state index in [1.807, 2.05) is 45.9 Å². The Hall–Kier alpha value is -1.53. The Balaban J connectivity index is 1.89. The van der Waals surface area contributed by atoms with Crippen molar-refractivity contribution in [2.24, 2.45) is 0 Å². The summed E-state index contributed by atoms with van der Waals surface area (Å²) in [4.78, 5) is 14.6. The van der Waals surface area contributed by atoms with Crippen LogP contribution >= 0.6 is 31.9 Å². The van der Waals surface area contributed by atoms with Crippen LogP contribution in [-0.2, 0) is 6.54 Å². The number of rotatable bonds is 4. The predicted molar refractivity (Wildman–Crippen MR) is 96.8 cm³/mol. The highest BCUT2D eigenvalue weighted by molar-refractivity contribution is 9.13. The van der Waals surface area contributed by atoms with Gasteiger partial charge in [-0.25, -0.2) is 0 Å². The maximum absolute atomic E-state index is 12.8. The number of benzene rings is 1. The van der Waals surface area contributed by atoms with Gasteiger partial charge in [-0.2, -0.15) is 0 Å². The number of halogens is 2. The molecule has 2 heterocycles. The summed E-state index contributed by atoms with van der Waals surface area (Å²) in [7, 11) is 1.64. The summed E-state index contributed by atoms with van der Waals surface area (Å²) in [6.07, 6.45) is 1.87. The van der Waals surface area contributed by atoms with Crippen molar-refractivity contribution in [2.45, 2.75) is 12.6 Å². The number of carbonyl (C=O) groups is 1. The smallest absolute Gasteiger partial charge is 0.270 e. The van der Waals surface area contributed by atoms with Crippen molar-refractivity contribution in [1.82, 2.24) is 9.47 Å². The van der Waals surface area contributed by atoms with Crippen LogP contribution in [0, 0.1) is 0 Å². The highest BCUT2D eigenvalue weighted by atomic mass is 79.9. The van der Waals surface area contributed by atoms with Crippen LogP contribution in [0.4, 0.5) is 0 Å². The van der Waals surface area contributed by atoms with E-state index in [4.69, 9.17) is 4.74 Å². The van der Waals surface area contributed by atoms with Crippen LogP contribution < -0.4 is 4.74 Å². The molecule has 0 fully saturated rings. The molecule has 0 N–H and O–H groups in total. The lowest BCUT2D eigenvalue weighted by Crippen LogP contribution is -2.41. The lowest BCUT2D eigenvalue weighted by Gasteiger charge is -2.33. The molecule has 23 heavy (non-hydrogen) atoms. The van der Waals surface area contributed by atoms with E-state index in [1.165, 1.54) is 0 Å². The Morgan fingerprint density at radius 1 is 1.35 bits per heavy atom. The van der Waals surface area contributed by atoms with Crippen LogP contribution in [0.3, 0.4) is 0 Å². The normalized spacial score (nSPS) is 17.1. The number of nitrogens with zero attached hydrogens (tertiary/aromatic N) is 2. The fraction of sp³-hybridized carbons (Fsp3) is 0.235. The third kappa shape index (κ3) is 2.97. The number of aromatic nitrogens is 1. The van der Waals surface area contributed by atoms with E-state index in [1.54, 1.807) is 7.11 Å². The molecule has 0 unspecified atom stereocenters. The van der Waals surface area contributed by atoms with Crippen LogP contribution in [0.1, 0.15) is 22.1 Å². The number of hydrogen-bond acceptors (Lipinski definition) is 2. The Bertz CT molecular complexity index is 753. The highest BCUT2D eigenvalue weighted by Gasteiger charge is 2.32. The van der Waals surface area contributed by atoms with E-state index < -0.39 is 0 Å². The minimum atomic E-state index is 0.0188. The third-order valence-electron chi connectivity index (χ3n) is 3.98. The van der Waals surface area contributed by atoms with Crippen molar-refractivity contribution in [2.75, 3.05) is 13.7 Å². The molecule has 1 aromatic carbocycles. The summed E-state index contributed by atoms with van der Waals surface area (Å²) in [6.45, 7) is 5.07. The minimum Gasteiger partial charge on any atom is -0.497 e. The second kappa shape index (κ2) is 6.53. The van der Waals surface area contributed by atoms with Crippen LogP contribution in [0.25, 0.3) is 0 Å². The van der Waals surface area contributed by atoms with Gasteiger partial charge in [-0.3, -0.25) is 4.79 Å². The molecule has 1 amide bonds. The minimum absolute atomic E-state index is 0.0188. The molecule has 3 rings (SSSR count). The number of ether oxygens (including phenoxy) is 1. The van der Waals surface area contributed by atoms with Gasteiger partial charge in [0.15, 0.2) is 0 Å². The summed E-state index contributed by atoms with van der Waals surface area (Å²) in [6, 6.07) is 9.67. The Morgan fingerprint density at radius 3 is 2.65 bits per heavy atom. The molecule has 4 nitrogen and oxygen atoms in total. The van der Waals surface area contributed by atoms with Crippen molar-refractivity contribution in [3.8, 4) is 5.75 Å². The fourth-order valence-corrected chi connectivity index (χ4v) is 3.76. The van der Waals surface area contributed by atoms with Crippen molar-refractivity contribution in [1.29, 1.82) is 0 Å². The third-order valence-corrected chi connectivity index (χ3v) is 5.93. The van der Waals surface area contributed by atoms with Gasteiger partial charge in [0.25, 0.3) is 5.91 Å². The molecule has 1 aromatic heterocycles. The van der Waals surface area contributed by atoms with Gasteiger partial charge in [0, 0.05) is 13.1 Å². The van der Waals surface area contributed by atoms with Gasteiger partial charge < -0.3 is 14.2 Å². The molecule has 1 aliphatic rings. The van der Waals surface area contributed by atoms with Gasteiger partial charge >= 0.3 is 0 Å². The molecule has 1 atom stereocenters. The number of methoxy groups -OCH3 is 1. The van der Waals surface area contributed by atoms with E-state index in [2.05, 4.69) is 38.4 Å². The van der Waals surface area contributed by atoms with Crippen molar-refractivity contribution in [3.05, 3.63) is 63.3 Å². The first-order valence-electron chi connectivity index (χ1n) is 7.16. The highest BCUT2D eigenvalue weighted by Crippen LogP contribution is 2.35. The molecule has 0 bridgehead atoms. The molecule has 6 heteroatoms. The van der Waals surface area contributed by atoms with Crippen LogP contribution in [0.5, 0.6) is 5.75 Å². The zero-order valence-electron chi connectivity index (χ0n) is 12.6. The van der Waals surface area contributed by atoms with Crippen molar-refractivity contribution in [3.63, 3.8) is 0 Å². The molecule has 2 aromatic rings. The van der Waals surface area contributed by atoms with Crippen LogP contribution in [0.15, 0.2) is 52.1 Å². The standard InChI is InChI=1S/C17H16Br2N2O2/c1-3-12-10-20(9-11-4-6-13(23-2)7-5-11)17(22)15-8-14(18)16(19)21(12)15/h3-8,12H,1,9-10H2,2H3/t12-/m0/s1. The SMILES string of the molecule is C=C[C@H]1CN(Cc2ccc(OC)cc2)C(=O)c2cc(Br)c(Br)n21. The summed E-state index contributed by atoms with van der Waals surface area (Å²) in [5.41, 5.74) is 1.73. The zero-order chi connectivity index (χ0) is 16.6. The van der Waals surface area contributed by atoms with Gasteiger partial charge in [-0.05, 0) is 55.6 Å². The van der Waals surface area contributed by atoms with Crippen LogP contribution in [-0.4, -0.2) is 29.0 Å². The molecule has 0 radical (unpaired) electrons. The maximum atomic E-state index is 12.8. The molecular formula is C17H16Br2N2O2. The lowest BCUT2D eigenvalue weighted by molar-refractivity contribution is 0.0672. The second-order valence-electron chi connectivity index (χ2n) is 5.38. The van der Waals surface area contributed by atoms with E-state index in [0.717, 1.165) is 20.4 Å². The van der Waals surface area contributed by atoms with E-state index in [-0.39, 0.29) is 11.9 Å². The van der Waals surface area contributed by atoms with E-state index >= 15 is 0 Å². The summed E-state index contributed by atoms with van der Waals surface area (Å²) in [5.74, 6) is 0.828. The first-order valence-corrected chi connectivity index (χ1v) is 8.74. The van der Waals surface area contributed by atoms with Crippen LogP contribution in [0.2, 0.25) is 0 Å². The Labute approximate surface area is 152 Å². The summed E-state index contributed by atoms with van der Waals surface area (Å²) >= 11 is 7.01. The number of carbonyl (C=O) groups excluding carboxylic acids is 1. The average Bonchev–Trinajstić information content (AvgIpc) is 2.87. The molecule has 0 saturated heterocycles. The topological polar surface area (TPSA) is 34.5 Å². The van der Waals surface area contributed by atoms with Crippen molar-refractivity contribution >= 4 is 37.8 Å². The average molecular weight is 440 g/mol. The van der Waals surface area contributed by atoms with E-state index in [9.17, 15) is 4.79 Å². The van der Waals surface area contributed by atoms with Gasteiger partial charge in [0.2, 0.25) is 0 Å². The summed E-state index contributed by atoms with van der Waals surface area (Å²) in [5, 5.41) is 0. The Morgan fingerprint density at radius 2 is 2.04 bits per heavy atom. The molecule has 0 aliphatic carbocycles. The molecule has 0 saturated carbocycles. The fourth-order valence-electron chi connectivity index (χ4n) is 2.78. The zero-order valence-corrected chi connectivity index (χ0v) is 15.8. The first-order chi connectivity index (χ1) is 11.0. The van der Waals surface area contributed by atoms with Crippen molar-refractivity contribution < 1.29 is 9.53 Å². The Kier molecular flexibility index (Phi) is 4.64. The largest absolute Gasteiger partial charge is 0.497 e. The number of amides is 1. The van der Waals surface area contributed by atoms with Gasteiger partial charge in [-0.1, -0.05) is 18.2 Å². The van der Waals surface area contributed by atoms with Gasteiger partial charge in [0.05, 0.1) is 17.6 Å². The lowest BCUT2D eigenvalue weighted by atomic mass is 10.1. The second-order valence-corrected chi connectivity index (χ2v) is 6.98. The number of fused-ring (bicyclic) bond motifs is 1. The van der Waals surface area contributed by atoms with E-state index in [0.29, 0.717) is 18.8 Å². The molecule has 1 aliphatic heterocycles. The number of hydrogen-bond donors (Lipinski definition) is 0. The molecular weight excluding hydrogens is 424 g/mol. The maximum Gasteiger partial charge on any atom is 0.270 e. The van der Waals surface area contributed by atoms with Gasteiger partial charge in [0.1, 0.15) is 16.0 Å². The summed E-state index contributed by atoms with van der Waals surface area (Å²) < 4.78 is 8.89. The molecule has 0 spiro atoms. The monoisotopic (exact) mass is 438 g/mol. The predicted octanol–water partition coefficient (Wildman–Crippen LogP) is 4.40. The first kappa shape index (κ1) is 16.3. The molecule has 120 valence electrons. The van der Waals surface area contributed by atoms with Gasteiger partial charge in [-0.15, -0.1) is 6.58 Å².